The van der Waals surface area contributed by atoms with Gasteiger partial charge in [0.2, 0.25) is 5.16 Å². The van der Waals surface area contributed by atoms with Crippen LogP contribution in [0.4, 0.5) is 5.69 Å². The number of pyridine rings is 1. The van der Waals surface area contributed by atoms with Crippen molar-refractivity contribution in [2.24, 2.45) is 0 Å². The number of nitrogens with one attached hydrogen (secondary N) is 1. The van der Waals surface area contributed by atoms with Crippen LogP contribution in [-0.2, 0) is 0 Å². The SMILES string of the molecule is CSc1nnnn1-c1cccc(NC(=O)c2cc3ccccc3c(Cl)n2)c1. The smallest absolute Gasteiger partial charge is 0.274 e. The van der Waals surface area contributed by atoms with Gasteiger partial charge in [0, 0.05) is 11.1 Å². The van der Waals surface area contributed by atoms with Crippen LogP contribution in [0, 0.1) is 0 Å². The summed E-state index contributed by atoms with van der Waals surface area (Å²) in [5.74, 6) is -0.346. The summed E-state index contributed by atoms with van der Waals surface area (Å²) >= 11 is 7.65. The van der Waals surface area contributed by atoms with Gasteiger partial charge in [0.15, 0.2) is 0 Å². The number of carbonyl (C=O) groups excluding carboxylic acids is 1. The second kappa shape index (κ2) is 7.34. The summed E-state index contributed by atoms with van der Waals surface area (Å²) in [6.45, 7) is 0. The van der Waals surface area contributed by atoms with Crippen LogP contribution in [0.3, 0.4) is 0 Å². The standard InChI is InChI=1S/C18H13ClN6OS/c1-27-18-22-23-24-25(18)13-7-4-6-12(10-13)20-17(26)15-9-11-5-2-3-8-14(11)16(19)21-15/h2-10H,1H3,(H,20,26). The normalized spacial score (nSPS) is 10.9. The van der Waals surface area contributed by atoms with Crippen LogP contribution in [0.15, 0.2) is 59.8 Å². The number of benzene rings is 2. The molecule has 2 aromatic carbocycles. The fraction of sp³-hybridized carbons (Fsp3) is 0.0556. The number of rotatable bonds is 4. The second-order valence-corrected chi connectivity index (χ2v) is 6.73. The monoisotopic (exact) mass is 396 g/mol. The van der Waals surface area contributed by atoms with Gasteiger partial charge < -0.3 is 5.32 Å². The Morgan fingerprint density at radius 3 is 2.85 bits per heavy atom. The van der Waals surface area contributed by atoms with Crippen molar-refractivity contribution in [2.45, 2.75) is 5.16 Å². The van der Waals surface area contributed by atoms with Crippen molar-refractivity contribution in [1.29, 1.82) is 0 Å². The molecule has 0 bridgehead atoms. The zero-order valence-electron chi connectivity index (χ0n) is 14.1. The van der Waals surface area contributed by atoms with Gasteiger partial charge in [0.05, 0.1) is 5.69 Å². The van der Waals surface area contributed by atoms with Crippen molar-refractivity contribution in [3.8, 4) is 5.69 Å². The first-order valence-electron chi connectivity index (χ1n) is 7.95. The third-order valence-corrected chi connectivity index (χ3v) is 4.81. The van der Waals surface area contributed by atoms with Crippen LogP contribution in [0.5, 0.6) is 0 Å². The summed E-state index contributed by atoms with van der Waals surface area (Å²) < 4.78 is 1.60. The van der Waals surface area contributed by atoms with E-state index >= 15 is 0 Å². The van der Waals surface area contributed by atoms with Crippen molar-refractivity contribution < 1.29 is 4.79 Å². The highest BCUT2D eigenvalue weighted by Crippen LogP contribution is 2.23. The third kappa shape index (κ3) is 3.49. The summed E-state index contributed by atoms with van der Waals surface area (Å²) in [5, 5.41) is 17.0. The van der Waals surface area contributed by atoms with E-state index in [1.807, 2.05) is 42.7 Å². The summed E-state index contributed by atoms with van der Waals surface area (Å²) in [6, 6.07) is 16.5. The molecule has 0 aliphatic rings. The Balaban J connectivity index is 1.63. The number of carbonyl (C=O) groups is 1. The topological polar surface area (TPSA) is 85.6 Å². The molecule has 0 aliphatic heterocycles. The highest BCUT2D eigenvalue weighted by Gasteiger charge is 2.13. The zero-order valence-corrected chi connectivity index (χ0v) is 15.7. The maximum absolute atomic E-state index is 12.6. The van der Waals surface area contributed by atoms with Crippen molar-refractivity contribution >= 4 is 45.7 Å². The van der Waals surface area contributed by atoms with Crippen LogP contribution in [0.1, 0.15) is 10.5 Å². The van der Waals surface area contributed by atoms with Crippen molar-refractivity contribution in [1.82, 2.24) is 25.2 Å². The van der Waals surface area contributed by atoms with Gasteiger partial charge >= 0.3 is 0 Å². The number of halogens is 1. The molecule has 9 heteroatoms. The molecule has 4 aromatic rings. The van der Waals surface area contributed by atoms with Gasteiger partial charge in [-0.3, -0.25) is 4.79 Å². The average molecular weight is 397 g/mol. The van der Waals surface area contributed by atoms with Gasteiger partial charge in [0.25, 0.3) is 5.91 Å². The van der Waals surface area contributed by atoms with Gasteiger partial charge in [-0.2, -0.15) is 4.68 Å². The molecule has 7 nitrogen and oxygen atoms in total. The van der Waals surface area contributed by atoms with Gasteiger partial charge in [-0.25, -0.2) is 4.98 Å². The molecule has 0 radical (unpaired) electrons. The Morgan fingerprint density at radius 1 is 1.15 bits per heavy atom. The number of hydrogen-bond donors (Lipinski definition) is 1. The fourth-order valence-corrected chi connectivity index (χ4v) is 3.35. The van der Waals surface area contributed by atoms with E-state index in [0.29, 0.717) is 16.0 Å². The number of aromatic nitrogens is 5. The van der Waals surface area contributed by atoms with Gasteiger partial charge in [-0.1, -0.05) is 53.7 Å². The van der Waals surface area contributed by atoms with E-state index < -0.39 is 0 Å². The lowest BCUT2D eigenvalue weighted by atomic mass is 10.1. The molecular formula is C18H13ClN6OS. The average Bonchev–Trinajstić information content (AvgIpc) is 3.17. The summed E-state index contributed by atoms with van der Waals surface area (Å²) in [5.41, 5.74) is 1.59. The fourth-order valence-electron chi connectivity index (χ4n) is 2.65. The maximum Gasteiger partial charge on any atom is 0.274 e. The Kier molecular flexibility index (Phi) is 4.74. The molecule has 2 aromatic heterocycles. The first kappa shape index (κ1) is 17.4. The van der Waals surface area contributed by atoms with Crippen LogP contribution in [0.2, 0.25) is 5.15 Å². The van der Waals surface area contributed by atoms with Crippen LogP contribution >= 0.6 is 23.4 Å². The van der Waals surface area contributed by atoms with Crippen LogP contribution < -0.4 is 5.32 Å². The minimum Gasteiger partial charge on any atom is -0.321 e. The molecule has 0 aliphatic carbocycles. The minimum atomic E-state index is -0.346. The van der Waals surface area contributed by atoms with E-state index in [0.717, 1.165) is 16.5 Å². The van der Waals surface area contributed by atoms with Gasteiger partial charge in [0.1, 0.15) is 10.8 Å². The van der Waals surface area contributed by atoms with Gasteiger partial charge in [-0.05, 0) is 46.3 Å². The highest BCUT2D eigenvalue weighted by atomic mass is 35.5. The van der Waals surface area contributed by atoms with Crippen molar-refractivity contribution in [3.05, 3.63) is 65.4 Å². The molecule has 134 valence electrons. The lowest BCUT2D eigenvalue weighted by Crippen LogP contribution is -2.14. The summed E-state index contributed by atoms with van der Waals surface area (Å²) in [4.78, 5) is 16.9. The van der Waals surface area contributed by atoms with E-state index in [-0.39, 0.29) is 11.6 Å². The zero-order chi connectivity index (χ0) is 18.8. The molecular weight excluding hydrogens is 384 g/mol. The number of anilines is 1. The molecule has 4 rings (SSSR count). The summed E-state index contributed by atoms with van der Waals surface area (Å²) in [7, 11) is 0. The Morgan fingerprint density at radius 2 is 2.00 bits per heavy atom. The number of nitrogens with zero attached hydrogens (tertiary/aromatic N) is 5. The molecule has 0 spiro atoms. The number of hydrogen-bond acceptors (Lipinski definition) is 6. The second-order valence-electron chi connectivity index (χ2n) is 5.60. The number of thioether (sulfide) groups is 1. The number of amides is 1. The predicted octanol–water partition coefficient (Wildman–Crippen LogP) is 3.84. The lowest BCUT2D eigenvalue weighted by molar-refractivity contribution is 0.102. The lowest BCUT2D eigenvalue weighted by Gasteiger charge is -2.09. The minimum absolute atomic E-state index is 0.247. The highest BCUT2D eigenvalue weighted by molar-refractivity contribution is 7.98. The van der Waals surface area contributed by atoms with Crippen LogP contribution in [-0.4, -0.2) is 37.4 Å². The van der Waals surface area contributed by atoms with E-state index in [1.54, 1.807) is 22.9 Å². The van der Waals surface area contributed by atoms with E-state index in [1.165, 1.54) is 11.8 Å². The Labute approximate surface area is 163 Å². The molecule has 1 amide bonds. The largest absolute Gasteiger partial charge is 0.321 e. The quantitative estimate of drug-likeness (QED) is 0.416. The number of tetrazole rings is 1. The maximum atomic E-state index is 12.6. The molecule has 2 heterocycles. The Hall–Kier alpha value is -2.97. The van der Waals surface area contributed by atoms with Crippen molar-refractivity contribution in [3.63, 3.8) is 0 Å². The van der Waals surface area contributed by atoms with Crippen molar-refractivity contribution in [2.75, 3.05) is 11.6 Å². The third-order valence-electron chi connectivity index (χ3n) is 3.90. The van der Waals surface area contributed by atoms with E-state index in [9.17, 15) is 4.79 Å². The first-order chi connectivity index (χ1) is 13.2. The molecule has 27 heavy (non-hydrogen) atoms. The van der Waals surface area contributed by atoms with Crippen LogP contribution in [0.25, 0.3) is 16.5 Å². The van der Waals surface area contributed by atoms with E-state index in [2.05, 4.69) is 25.8 Å². The summed E-state index contributed by atoms with van der Waals surface area (Å²) in [6.07, 6.45) is 1.89. The molecule has 0 saturated heterocycles. The molecule has 0 atom stereocenters. The molecule has 0 saturated carbocycles. The molecule has 1 N–H and O–H groups in total. The first-order valence-corrected chi connectivity index (χ1v) is 9.55. The van der Waals surface area contributed by atoms with Gasteiger partial charge in [-0.15, -0.1) is 5.10 Å². The molecule has 0 unspecified atom stereocenters. The Bertz CT molecular complexity index is 1150. The van der Waals surface area contributed by atoms with E-state index in [4.69, 9.17) is 11.6 Å². The number of fused-ring (bicyclic) bond motifs is 1. The molecule has 0 fully saturated rings. The predicted molar refractivity (Wildman–Crippen MR) is 106 cm³/mol.